The molecule has 0 radical (unpaired) electrons. The molecule has 0 saturated carbocycles. The molecule has 4 heteroatoms. The van der Waals surface area contributed by atoms with Crippen molar-refractivity contribution in [2.24, 2.45) is 10.4 Å². The minimum Gasteiger partial charge on any atom is -0.469 e. The van der Waals surface area contributed by atoms with E-state index in [9.17, 15) is 9.18 Å². The van der Waals surface area contributed by atoms with Crippen molar-refractivity contribution in [3.8, 4) is 0 Å². The summed E-state index contributed by atoms with van der Waals surface area (Å²) in [6.07, 6.45) is 9.46. The van der Waals surface area contributed by atoms with Crippen molar-refractivity contribution in [3.63, 3.8) is 0 Å². The third kappa shape index (κ3) is 6.78. The first kappa shape index (κ1) is 21.1. The topological polar surface area (TPSA) is 38.7 Å². The van der Waals surface area contributed by atoms with Crippen molar-refractivity contribution in [3.05, 3.63) is 59.4 Å². The van der Waals surface area contributed by atoms with E-state index >= 15 is 0 Å². The molecule has 1 aliphatic rings. The summed E-state index contributed by atoms with van der Waals surface area (Å²) >= 11 is 0. The zero-order chi connectivity index (χ0) is 19.7. The molecule has 0 amide bonds. The van der Waals surface area contributed by atoms with Crippen molar-refractivity contribution >= 4 is 12.2 Å². The highest BCUT2D eigenvalue weighted by atomic mass is 19.1. The lowest BCUT2D eigenvalue weighted by Crippen LogP contribution is -2.30. The molecule has 1 aromatic carbocycles. The van der Waals surface area contributed by atoms with Crippen LogP contribution in [-0.2, 0) is 9.53 Å². The zero-order valence-corrected chi connectivity index (χ0v) is 16.6. The van der Waals surface area contributed by atoms with Gasteiger partial charge in [-0.25, -0.2) is 4.39 Å². The van der Waals surface area contributed by atoms with Gasteiger partial charge in [0.2, 0.25) is 0 Å². The summed E-state index contributed by atoms with van der Waals surface area (Å²) in [6.45, 7) is 4.04. The number of carbonyl (C=O) groups excluding carboxylic acids is 1. The molecular formula is C23H30FNO2. The molecule has 0 heterocycles. The van der Waals surface area contributed by atoms with Crippen molar-refractivity contribution in [1.82, 2.24) is 0 Å². The molecule has 2 rings (SSSR count). The predicted octanol–water partition coefficient (Wildman–Crippen LogP) is 5.81. The first-order valence-electron chi connectivity index (χ1n) is 9.64. The SMILES string of the molecule is COC(=O)C(C)(CCCC(C)N=Cc1ccccc1)CC1=CC=C(F)CC1. The number of methoxy groups -OCH3 is 1. The van der Waals surface area contributed by atoms with Crippen LogP contribution in [0.2, 0.25) is 0 Å². The Balaban J connectivity index is 1.90. The molecule has 0 spiro atoms. The van der Waals surface area contributed by atoms with Crippen molar-refractivity contribution in [2.75, 3.05) is 7.11 Å². The van der Waals surface area contributed by atoms with Crippen LogP contribution < -0.4 is 0 Å². The average Bonchev–Trinajstić information content (AvgIpc) is 2.68. The van der Waals surface area contributed by atoms with E-state index in [0.717, 1.165) is 30.4 Å². The van der Waals surface area contributed by atoms with Crippen LogP contribution in [0.3, 0.4) is 0 Å². The monoisotopic (exact) mass is 371 g/mol. The van der Waals surface area contributed by atoms with Crippen LogP contribution in [0.1, 0.15) is 57.9 Å². The zero-order valence-electron chi connectivity index (χ0n) is 16.6. The Morgan fingerprint density at radius 3 is 2.67 bits per heavy atom. The molecule has 2 unspecified atom stereocenters. The molecule has 3 nitrogen and oxygen atoms in total. The van der Waals surface area contributed by atoms with Gasteiger partial charge in [-0.2, -0.15) is 0 Å². The second kappa shape index (κ2) is 10.2. The molecular weight excluding hydrogens is 341 g/mol. The molecule has 0 saturated heterocycles. The Bertz CT molecular complexity index is 708. The molecule has 0 N–H and O–H groups in total. The second-order valence-corrected chi connectivity index (χ2v) is 7.60. The lowest BCUT2D eigenvalue weighted by atomic mass is 9.77. The van der Waals surface area contributed by atoms with Crippen LogP contribution in [-0.4, -0.2) is 25.3 Å². The van der Waals surface area contributed by atoms with Gasteiger partial charge in [0.25, 0.3) is 0 Å². The lowest BCUT2D eigenvalue weighted by molar-refractivity contribution is -0.152. The molecule has 0 aliphatic heterocycles. The van der Waals surface area contributed by atoms with Crippen LogP contribution in [0.5, 0.6) is 0 Å². The number of ether oxygens (including phenoxy) is 1. The largest absolute Gasteiger partial charge is 0.469 e. The quantitative estimate of drug-likeness (QED) is 0.406. The normalized spacial score (nSPS) is 17.8. The summed E-state index contributed by atoms with van der Waals surface area (Å²) in [5, 5.41) is 0. The summed E-state index contributed by atoms with van der Waals surface area (Å²) in [5.41, 5.74) is 1.62. The van der Waals surface area contributed by atoms with Crippen LogP contribution in [0.15, 0.2) is 58.9 Å². The molecule has 0 aromatic heterocycles. The van der Waals surface area contributed by atoms with Gasteiger partial charge in [-0.05, 0) is 51.2 Å². The minimum atomic E-state index is -0.578. The van der Waals surface area contributed by atoms with Gasteiger partial charge in [-0.1, -0.05) is 48.4 Å². The van der Waals surface area contributed by atoms with Gasteiger partial charge < -0.3 is 4.74 Å². The van der Waals surface area contributed by atoms with Crippen molar-refractivity contribution < 1.29 is 13.9 Å². The van der Waals surface area contributed by atoms with E-state index in [1.807, 2.05) is 49.5 Å². The number of benzene rings is 1. The smallest absolute Gasteiger partial charge is 0.311 e. The number of aliphatic imine (C=N–C) groups is 1. The highest BCUT2D eigenvalue weighted by Crippen LogP contribution is 2.36. The third-order valence-electron chi connectivity index (χ3n) is 5.11. The van der Waals surface area contributed by atoms with Gasteiger partial charge in [0.15, 0.2) is 0 Å². The van der Waals surface area contributed by atoms with E-state index in [-0.39, 0.29) is 17.8 Å². The number of allylic oxidation sites excluding steroid dienone is 4. The first-order chi connectivity index (χ1) is 12.9. The highest BCUT2D eigenvalue weighted by Gasteiger charge is 2.35. The summed E-state index contributed by atoms with van der Waals surface area (Å²) in [6, 6.07) is 10.2. The highest BCUT2D eigenvalue weighted by molar-refractivity contribution is 5.79. The Kier molecular flexibility index (Phi) is 7.96. The Labute approximate surface area is 162 Å². The molecule has 146 valence electrons. The van der Waals surface area contributed by atoms with Crippen LogP contribution in [0.25, 0.3) is 0 Å². The van der Waals surface area contributed by atoms with E-state index in [1.54, 1.807) is 0 Å². The fourth-order valence-corrected chi connectivity index (χ4v) is 3.43. The van der Waals surface area contributed by atoms with Gasteiger partial charge in [0, 0.05) is 18.7 Å². The molecule has 1 aromatic rings. The van der Waals surface area contributed by atoms with E-state index in [1.165, 1.54) is 13.2 Å². The minimum absolute atomic E-state index is 0.0939. The second-order valence-electron chi connectivity index (χ2n) is 7.60. The van der Waals surface area contributed by atoms with Gasteiger partial charge in [0.05, 0.1) is 12.5 Å². The van der Waals surface area contributed by atoms with Gasteiger partial charge in [0.1, 0.15) is 5.83 Å². The van der Waals surface area contributed by atoms with E-state index < -0.39 is 5.41 Å². The fraction of sp³-hybridized carbons (Fsp3) is 0.478. The maximum Gasteiger partial charge on any atom is 0.311 e. The van der Waals surface area contributed by atoms with Crippen LogP contribution in [0, 0.1) is 5.41 Å². The maximum absolute atomic E-state index is 13.2. The molecule has 27 heavy (non-hydrogen) atoms. The molecule has 0 fully saturated rings. The predicted molar refractivity (Wildman–Crippen MR) is 109 cm³/mol. The summed E-state index contributed by atoms with van der Waals surface area (Å²) < 4.78 is 18.3. The molecule has 0 bridgehead atoms. The maximum atomic E-state index is 13.2. The van der Waals surface area contributed by atoms with Crippen LogP contribution in [0.4, 0.5) is 4.39 Å². The summed E-state index contributed by atoms with van der Waals surface area (Å²) in [7, 11) is 1.43. The summed E-state index contributed by atoms with van der Waals surface area (Å²) in [4.78, 5) is 17.0. The summed E-state index contributed by atoms with van der Waals surface area (Å²) in [5.74, 6) is -0.289. The lowest BCUT2D eigenvalue weighted by Gasteiger charge is -2.28. The number of carbonyl (C=O) groups is 1. The van der Waals surface area contributed by atoms with E-state index in [4.69, 9.17) is 4.74 Å². The third-order valence-corrected chi connectivity index (χ3v) is 5.11. The van der Waals surface area contributed by atoms with Crippen LogP contribution >= 0.6 is 0 Å². The Morgan fingerprint density at radius 1 is 1.30 bits per heavy atom. The number of halogens is 1. The standard InChI is InChI=1S/C23H30FNO2/c1-18(25-17-20-9-5-4-6-10-20)8-7-15-23(2,22(26)27-3)16-19-11-13-21(24)14-12-19/h4-6,9-11,13,17-18H,7-8,12,14-16H2,1-3H3. The average molecular weight is 371 g/mol. The molecule has 2 atom stereocenters. The first-order valence-corrected chi connectivity index (χ1v) is 9.64. The van der Waals surface area contributed by atoms with Gasteiger partial charge >= 0.3 is 5.97 Å². The van der Waals surface area contributed by atoms with Crippen molar-refractivity contribution in [2.45, 2.75) is 58.4 Å². The van der Waals surface area contributed by atoms with Crippen molar-refractivity contribution in [1.29, 1.82) is 0 Å². The number of esters is 1. The number of rotatable bonds is 9. The fourth-order valence-electron chi connectivity index (χ4n) is 3.43. The molecule has 1 aliphatic carbocycles. The van der Waals surface area contributed by atoms with E-state index in [2.05, 4.69) is 11.9 Å². The van der Waals surface area contributed by atoms with E-state index in [0.29, 0.717) is 19.3 Å². The number of hydrogen-bond acceptors (Lipinski definition) is 3. The van der Waals surface area contributed by atoms with Gasteiger partial charge in [-0.15, -0.1) is 0 Å². The Morgan fingerprint density at radius 2 is 2.04 bits per heavy atom. The number of nitrogens with zero attached hydrogens (tertiary/aromatic N) is 1. The Hall–Kier alpha value is -2.23. The number of hydrogen-bond donors (Lipinski definition) is 0. The van der Waals surface area contributed by atoms with Gasteiger partial charge in [-0.3, -0.25) is 9.79 Å².